The largest absolute Gasteiger partial charge is 0.497 e. The number of ether oxygens (including phenoxy) is 1. The van der Waals surface area contributed by atoms with Crippen LogP contribution in [0.25, 0.3) is 0 Å². The molecule has 0 spiro atoms. The Morgan fingerprint density at radius 3 is 2.38 bits per heavy atom. The Morgan fingerprint density at radius 2 is 1.90 bits per heavy atom. The molecule has 3 nitrogen and oxygen atoms in total. The number of likely N-dealkylation sites (N-methyl/N-ethyl adjacent to an activating group) is 2. The Balaban J connectivity index is 2.92. The average molecular weight is 290 g/mol. The molecule has 1 aromatic rings. The minimum Gasteiger partial charge on any atom is -0.497 e. The van der Waals surface area contributed by atoms with Crippen molar-refractivity contribution in [1.82, 2.24) is 10.2 Å². The van der Waals surface area contributed by atoms with Crippen LogP contribution >= 0.6 is 0 Å². The van der Waals surface area contributed by atoms with E-state index in [1.807, 2.05) is 12.1 Å². The molecule has 21 heavy (non-hydrogen) atoms. The molecule has 0 aliphatic heterocycles. The number of nitrogens with zero attached hydrogens (tertiary/aromatic N) is 1. The third kappa shape index (κ3) is 5.90. The maximum atomic E-state index is 5.26. The first-order valence-electron chi connectivity index (χ1n) is 7.84. The number of methoxy groups -OCH3 is 1. The van der Waals surface area contributed by atoms with Crippen molar-refractivity contribution in [3.05, 3.63) is 41.5 Å². The van der Waals surface area contributed by atoms with Gasteiger partial charge in [0.2, 0.25) is 0 Å². The number of benzene rings is 1. The molecule has 0 fully saturated rings. The van der Waals surface area contributed by atoms with Crippen LogP contribution in [0.3, 0.4) is 0 Å². The van der Waals surface area contributed by atoms with Gasteiger partial charge in [0.05, 0.1) is 7.11 Å². The quantitative estimate of drug-likeness (QED) is 0.703. The van der Waals surface area contributed by atoms with E-state index < -0.39 is 0 Å². The van der Waals surface area contributed by atoms with Crippen LogP contribution in [0.5, 0.6) is 5.75 Å². The summed E-state index contributed by atoms with van der Waals surface area (Å²) < 4.78 is 5.26. The summed E-state index contributed by atoms with van der Waals surface area (Å²) in [5, 5.41) is 3.48. The molecule has 118 valence electrons. The Kier molecular flexibility index (Phi) is 8.09. The summed E-state index contributed by atoms with van der Waals surface area (Å²) in [4.78, 5) is 2.50. The second-order valence-electron chi connectivity index (χ2n) is 5.47. The fourth-order valence-electron chi connectivity index (χ4n) is 2.34. The average Bonchev–Trinajstić information content (AvgIpc) is 2.50. The van der Waals surface area contributed by atoms with Gasteiger partial charge in [-0.15, -0.1) is 0 Å². The van der Waals surface area contributed by atoms with E-state index in [0.717, 1.165) is 31.9 Å². The van der Waals surface area contributed by atoms with Crippen molar-refractivity contribution < 1.29 is 4.74 Å². The lowest BCUT2D eigenvalue weighted by Gasteiger charge is -2.30. The molecule has 1 unspecified atom stereocenters. The predicted octanol–water partition coefficient (Wildman–Crippen LogP) is 3.63. The number of nitrogens with one attached hydrogen (secondary N) is 1. The van der Waals surface area contributed by atoms with Gasteiger partial charge in [0.1, 0.15) is 5.75 Å². The zero-order chi connectivity index (χ0) is 15.7. The predicted molar refractivity (Wildman–Crippen MR) is 91.0 cm³/mol. The van der Waals surface area contributed by atoms with Crippen LogP contribution in [-0.4, -0.2) is 38.2 Å². The lowest BCUT2D eigenvalue weighted by molar-refractivity contribution is 0.225. The zero-order valence-corrected chi connectivity index (χ0v) is 14.1. The summed E-state index contributed by atoms with van der Waals surface area (Å²) in [7, 11) is 1.71. The topological polar surface area (TPSA) is 24.5 Å². The van der Waals surface area contributed by atoms with Gasteiger partial charge in [-0.2, -0.15) is 0 Å². The van der Waals surface area contributed by atoms with Crippen molar-refractivity contribution in [2.24, 2.45) is 0 Å². The maximum absolute atomic E-state index is 5.26. The minimum absolute atomic E-state index is 0.386. The number of allylic oxidation sites excluding steroid dienone is 1. The molecule has 0 heterocycles. The van der Waals surface area contributed by atoms with E-state index in [0.29, 0.717) is 6.04 Å². The SMILES string of the molecule is CCNCC(c1ccc(OC)cc1)N(CC)CC=C(C)C. The molecule has 1 N–H and O–H groups in total. The van der Waals surface area contributed by atoms with Crippen molar-refractivity contribution >= 4 is 0 Å². The van der Waals surface area contributed by atoms with E-state index in [1.165, 1.54) is 11.1 Å². The van der Waals surface area contributed by atoms with Crippen molar-refractivity contribution in [3.8, 4) is 5.75 Å². The molecule has 0 amide bonds. The van der Waals surface area contributed by atoms with E-state index in [9.17, 15) is 0 Å². The Labute approximate surface area is 130 Å². The van der Waals surface area contributed by atoms with Crippen LogP contribution < -0.4 is 10.1 Å². The van der Waals surface area contributed by atoms with Crippen molar-refractivity contribution in [1.29, 1.82) is 0 Å². The number of rotatable bonds is 9. The van der Waals surface area contributed by atoms with Crippen molar-refractivity contribution in [2.45, 2.75) is 33.7 Å². The molecule has 1 atom stereocenters. The van der Waals surface area contributed by atoms with Gasteiger partial charge in [0.15, 0.2) is 0 Å². The summed E-state index contributed by atoms with van der Waals surface area (Å²) in [5.41, 5.74) is 2.70. The lowest BCUT2D eigenvalue weighted by Crippen LogP contribution is -2.36. The van der Waals surface area contributed by atoms with Gasteiger partial charge >= 0.3 is 0 Å². The fraction of sp³-hybridized carbons (Fsp3) is 0.556. The zero-order valence-electron chi connectivity index (χ0n) is 14.1. The van der Waals surface area contributed by atoms with Gasteiger partial charge in [-0.05, 0) is 44.6 Å². The highest BCUT2D eigenvalue weighted by Crippen LogP contribution is 2.22. The molecule has 0 bridgehead atoms. The Bertz CT molecular complexity index is 421. The van der Waals surface area contributed by atoms with Gasteiger partial charge in [-0.25, -0.2) is 0 Å². The van der Waals surface area contributed by atoms with E-state index in [1.54, 1.807) is 7.11 Å². The Hall–Kier alpha value is -1.32. The van der Waals surface area contributed by atoms with Gasteiger partial charge in [0.25, 0.3) is 0 Å². The lowest BCUT2D eigenvalue weighted by atomic mass is 10.0. The second-order valence-corrected chi connectivity index (χ2v) is 5.47. The first kappa shape index (κ1) is 17.7. The van der Waals surface area contributed by atoms with Crippen LogP contribution in [0, 0.1) is 0 Å². The van der Waals surface area contributed by atoms with Crippen molar-refractivity contribution in [2.75, 3.05) is 33.3 Å². The first-order chi connectivity index (χ1) is 10.1. The van der Waals surface area contributed by atoms with Crippen LogP contribution in [0.4, 0.5) is 0 Å². The molecule has 0 aliphatic rings. The van der Waals surface area contributed by atoms with Crippen LogP contribution in [0.2, 0.25) is 0 Å². The summed E-state index contributed by atoms with van der Waals surface area (Å²) >= 11 is 0. The molecule has 0 saturated carbocycles. The van der Waals surface area contributed by atoms with Crippen LogP contribution in [0.1, 0.15) is 39.3 Å². The van der Waals surface area contributed by atoms with E-state index in [2.05, 4.69) is 56.1 Å². The fourth-order valence-corrected chi connectivity index (χ4v) is 2.34. The summed E-state index contributed by atoms with van der Waals surface area (Å²) in [5.74, 6) is 0.910. The van der Waals surface area contributed by atoms with Gasteiger partial charge in [-0.3, -0.25) is 4.90 Å². The Morgan fingerprint density at radius 1 is 1.24 bits per heavy atom. The smallest absolute Gasteiger partial charge is 0.118 e. The van der Waals surface area contributed by atoms with Gasteiger partial charge in [0, 0.05) is 19.1 Å². The molecule has 0 aliphatic carbocycles. The number of hydrogen-bond acceptors (Lipinski definition) is 3. The monoisotopic (exact) mass is 290 g/mol. The van der Waals surface area contributed by atoms with Crippen molar-refractivity contribution in [3.63, 3.8) is 0 Å². The third-order valence-electron chi connectivity index (χ3n) is 3.67. The molecular formula is C18H30N2O. The molecule has 1 aromatic carbocycles. The maximum Gasteiger partial charge on any atom is 0.118 e. The molecule has 3 heteroatoms. The van der Waals surface area contributed by atoms with E-state index in [-0.39, 0.29) is 0 Å². The normalized spacial score (nSPS) is 12.3. The van der Waals surface area contributed by atoms with Gasteiger partial charge in [-0.1, -0.05) is 37.6 Å². The second kappa shape index (κ2) is 9.59. The highest BCUT2D eigenvalue weighted by Gasteiger charge is 2.17. The van der Waals surface area contributed by atoms with E-state index in [4.69, 9.17) is 4.74 Å². The molecule has 0 radical (unpaired) electrons. The highest BCUT2D eigenvalue weighted by atomic mass is 16.5. The minimum atomic E-state index is 0.386. The summed E-state index contributed by atoms with van der Waals surface area (Å²) in [6.07, 6.45) is 2.30. The summed E-state index contributed by atoms with van der Waals surface area (Å²) in [6.45, 7) is 12.7. The molecule has 1 rings (SSSR count). The summed E-state index contributed by atoms with van der Waals surface area (Å²) in [6, 6.07) is 8.82. The van der Waals surface area contributed by atoms with Gasteiger partial charge < -0.3 is 10.1 Å². The van der Waals surface area contributed by atoms with Crippen LogP contribution in [-0.2, 0) is 0 Å². The first-order valence-corrected chi connectivity index (χ1v) is 7.84. The molecular weight excluding hydrogens is 260 g/mol. The number of hydrogen-bond donors (Lipinski definition) is 1. The standard InChI is InChI=1S/C18H30N2O/c1-6-19-14-18(20(7-2)13-12-15(3)4)16-8-10-17(21-5)11-9-16/h8-12,18-19H,6-7,13-14H2,1-5H3. The van der Waals surface area contributed by atoms with Crippen LogP contribution in [0.15, 0.2) is 35.9 Å². The molecule has 0 saturated heterocycles. The molecule has 0 aromatic heterocycles. The van der Waals surface area contributed by atoms with E-state index >= 15 is 0 Å². The highest BCUT2D eigenvalue weighted by molar-refractivity contribution is 5.29. The third-order valence-corrected chi connectivity index (χ3v) is 3.67.